The monoisotopic (exact) mass is 143 g/mol. The second-order valence-electron chi connectivity index (χ2n) is 3.54. The zero-order valence-corrected chi connectivity index (χ0v) is 6.80. The number of rotatable bonds is 1. The molecule has 1 fully saturated rings. The van der Waals surface area contributed by atoms with Crippen LogP contribution < -0.4 is 5.48 Å². The lowest BCUT2D eigenvalue weighted by molar-refractivity contribution is 0.0527. The van der Waals surface area contributed by atoms with Gasteiger partial charge in [0.25, 0.3) is 0 Å². The Hall–Kier alpha value is -0.0800. The molecule has 2 nitrogen and oxygen atoms in total. The summed E-state index contributed by atoms with van der Waals surface area (Å²) in [7, 11) is 0. The molecule has 0 spiro atoms. The summed E-state index contributed by atoms with van der Waals surface area (Å²) in [5.41, 5.74) is 2.40. The second kappa shape index (κ2) is 3.35. The van der Waals surface area contributed by atoms with E-state index in [0.29, 0.717) is 17.9 Å². The van der Waals surface area contributed by atoms with Gasteiger partial charge < -0.3 is 5.21 Å². The van der Waals surface area contributed by atoms with Gasteiger partial charge in [0.05, 0.1) is 0 Å². The van der Waals surface area contributed by atoms with Crippen molar-refractivity contribution in [2.75, 3.05) is 0 Å². The van der Waals surface area contributed by atoms with E-state index in [1.165, 1.54) is 19.3 Å². The van der Waals surface area contributed by atoms with E-state index in [9.17, 15) is 0 Å². The highest BCUT2D eigenvalue weighted by atomic mass is 16.5. The van der Waals surface area contributed by atoms with Crippen molar-refractivity contribution >= 4 is 0 Å². The Morgan fingerprint density at radius 3 is 2.00 bits per heavy atom. The minimum Gasteiger partial charge on any atom is -0.317 e. The van der Waals surface area contributed by atoms with E-state index in [1.807, 2.05) is 0 Å². The van der Waals surface area contributed by atoms with Gasteiger partial charge in [0.15, 0.2) is 0 Å². The van der Waals surface area contributed by atoms with Crippen LogP contribution in [0.3, 0.4) is 0 Å². The summed E-state index contributed by atoms with van der Waals surface area (Å²) < 4.78 is 0. The molecule has 1 rings (SSSR count). The maximum atomic E-state index is 8.78. The van der Waals surface area contributed by atoms with E-state index in [0.717, 1.165) is 0 Å². The molecular formula is C8H17NO. The fourth-order valence-corrected chi connectivity index (χ4v) is 1.94. The van der Waals surface area contributed by atoms with E-state index < -0.39 is 0 Å². The van der Waals surface area contributed by atoms with Crippen LogP contribution in [0.5, 0.6) is 0 Å². The van der Waals surface area contributed by atoms with Crippen molar-refractivity contribution in [2.45, 2.75) is 39.2 Å². The van der Waals surface area contributed by atoms with E-state index in [2.05, 4.69) is 19.3 Å². The van der Waals surface area contributed by atoms with Crippen molar-refractivity contribution in [1.82, 2.24) is 5.48 Å². The van der Waals surface area contributed by atoms with Crippen molar-refractivity contribution in [1.29, 1.82) is 0 Å². The number of hydrogen-bond donors (Lipinski definition) is 2. The quantitative estimate of drug-likeness (QED) is 0.548. The lowest BCUT2D eigenvalue weighted by atomic mass is 9.79. The van der Waals surface area contributed by atoms with Crippen LogP contribution >= 0.6 is 0 Å². The van der Waals surface area contributed by atoms with Crippen molar-refractivity contribution in [3.63, 3.8) is 0 Å². The van der Waals surface area contributed by atoms with Crippen LogP contribution in [-0.2, 0) is 0 Å². The third kappa shape index (κ3) is 1.50. The fourth-order valence-electron chi connectivity index (χ4n) is 1.94. The van der Waals surface area contributed by atoms with Gasteiger partial charge in [0.2, 0.25) is 0 Å². The first-order chi connectivity index (χ1) is 4.75. The Balaban J connectivity index is 2.45. The predicted molar refractivity (Wildman–Crippen MR) is 40.9 cm³/mol. The highest BCUT2D eigenvalue weighted by Crippen LogP contribution is 2.28. The van der Waals surface area contributed by atoms with Crippen molar-refractivity contribution in [3.8, 4) is 0 Å². The molecule has 0 radical (unpaired) electrons. The topological polar surface area (TPSA) is 32.3 Å². The number of hydroxylamine groups is 1. The summed E-state index contributed by atoms with van der Waals surface area (Å²) in [4.78, 5) is 0. The van der Waals surface area contributed by atoms with Crippen LogP contribution in [0.2, 0.25) is 0 Å². The zero-order chi connectivity index (χ0) is 7.56. The van der Waals surface area contributed by atoms with Crippen LogP contribution in [-0.4, -0.2) is 11.2 Å². The number of nitrogens with one attached hydrogen (secondary N) is 1. The Morgan fingerprint density at radius 2 is 1.70 bits per heavy atom. The zero-order valence-electron chi connectivity index (χ0n) is 6.80. The molecule has 0 aromatic heterocycles. The normalized spacial score (nSPS) is 41.7. The molecule has 10 heavy (non-hydrogen) atoms. The Labute approximate surface area is 62.6 Å². The molecule has 0 aromatic carbocycles. The van der Waals surface area contributed by atoms with Gasteiger partial charge in [-0.2, -0.15) is 0 Å². The van der Waals surface area contributed by atoms with Crippen LogP contribution in [0.25, 0.3) is 0 Å². The summed E-state index contributed by atoms with van der Waals surface area (Å²) in [5, 5.41) is 8.78. The summed E-state index contributed by atoms with van der Waals surface area (Å²) in [6.45, 7) is 4.40. The third-order valence-corrected chi connectivity index (χ3v) is 2.69. The molecule has 1 saturated carbocycles. The Kier molecular flexibility index (Phi) is 2.69. The van der Waals surface area contributed by atoms with Gasteiger partial charge in [-0.05, 0) is 24.7 Å². The lowest BCUT2D eigenvalue weighted by Crippen LogP contribution is -2.40. The minimum atomic E-state index is 0.328. The average Bonchev–Trinajstić information content (AvgIpc) is 1.88. The fraction of sp³-hybridized carbons (Fsp3) is 1.00. The summed E-state index contributed by atoms with van der Waals surface area (Å²) >= 11 is 0. The molecule has 60 valence electrons. The van der Waals surface area contributed by atoms with Gasteiger partial charge in [-0.15, -0.1) is 0 Å². The molecule has 1 aliphatic carbocycles. The highest BCUT2D eigenvalue weighted by molar-refractivity contribution is 4.80. The Bertz CT molecular complexity index is 95.4. The van der Waals surface area contributed by atoms with Gasteiger partial charge in [0.1, 0.15) is 0 Å². The molecule has 0 amide bonds. The third-order valence-electron chi connectivity index (χ3n) is 2.69. The van der Waals surface area contributed by atoms with E-state index in [4.69, 9.17) is 5.21 Å². The van der Waals surface area contributed by atoms with Crippen molar-refractivity contribution < 1.29 is 5.21 Å². The van der Waals surface area contributed by atoms with Crippen LogP contribution in [0.15, 0.2) is 0 Å². The first kappa shape index (κ1) is 8.02. The van der Waals surface area contributed by atoms with Crippen LogP contribution in [0.4, 0.5) is 0 Å². The first-order valence-electron chi connectivity index (χ1n) is 4.15. The lowest BCUT2D eigenvalue weighted by Gasteiger charge is -2.33. The standard InChI is InChI=1S/C8H17NO/c1-6-4-3-5-7(2)8(6)9-10/h6-10H,3-5H2,1-2H3. The molecule has 2 N–H and O–H groups in total. The molecule has 0 saturated heterocycles. The number of hydrogen-bond acceptors (Lipinski definition) is 2. The van der Waals surface area contributed by atoms with Crippen molar-refractivity contribution in [3.05, 3.63) is 0 Å². The van der Waals surface area contributed by atoms with E-state index in [1.54, 1.807) is 0 Å². The predicted octanol–water partition coefficient (Wildman–Crippen LogP) is 1.79. The maximum Gasteiger partial charge on any atom is 0.0370 e. The summed E-state index contributed by atoms with van der Waals surface area (Å²) in [6, 6.07) is 0.328. The molecule has 0 heterocycles. The van der Waals surface area contributed by atoms with Gasteiger partial charge in [0, 0.05) is 6.04 Å². The molecule has 0 bridgehead atoms. The first-order valence-corrected chi connectivity index (χ1v) is 4.15. The SMILES string of the molecule is CC1CCCC(C)C1NO. The van der Waals surface area contributed by atoms with Crippen molar-refractivity contribution in [2.24, 2.45) is 11.8 Å². The molecule has 2 atom stereocenters. The van der Waals surface area contributed by atoms with Crippen LogP contribution in [0.1, 0.15) is 33.1 Å². The Morgan fingerprint density at radius 1 is 1.20 bits per heavy atom. The minimum absolute atomic E-state index is 0.328. The van der Waals surface area contributed by atoms with Gasteiger partial charge in [-0.25, -0.2) is 5.48 Å². The maximum absolute atomic E-state index is 8.78. The molecule has 2 unspecified atom stereocenters. The summed E-state index contributed by atoms with van der Waals surface area (Å²) in [6.07, 6.45) is 3.83. The van der Waals surface area contributed by atoms with Crippen LogP contribution in [0, 0.1) is 11.8 Å². The highest BCUT2D eigenvalue weighted by Gasteiger charge is 2.26. The largest absolute Gasteiger partial charge is 0.317 e. The summed E-state index contributed by atoms with van der Waals surface area (Å²) in [5.74, 6) is 1.27. The second-order valence-corrected chi connectivity index (χ2v) is 3.54. The molecular weight excluding hydrogens is 126 g/mol. The molecule has 0 aromatic rings. The van der Waals surface area contributed by atoms with E-state index >= 15 is 0 Å². The van der Waals surface area contributed by atoms with Gasteiger partial charge in [-0.1, -0.05) is 20.3 Å². The molecule has 0 aliphatic heterocycles. The van der Waals surface area contributed by atoms with E-state index in [-0.39, 0.29) is 0 Å². The molecule has 1 aliphatic rings. The smallest absolute Gasteiger partial charge is 0.0370 e. The average molecular weight is 143 g/mol. The van der Waals surface area contributed by atoms with Gasteiger partial charge in [-0.3, -0.25) is 0 Å². The molecule has 2 heteroatoms. The van der Waals surface area contributed by atoms with Gasteiger partial charge >= 0.3 is 0 Å².